The van der Waals surface area contributed by atoms with Crippen molar-refractivity contribution in [2.24, 2.45) is 5.92 Å². The molecule has 0 spiro atoms. The maximum Gasteiger partial charge on any atom is 0.226 e. The largest absolute Gasteiger partial charge is 0.349 e. The fraction of sp³-hybridized carbons (Fsp3) is 0.391. The molecule has 0 bridgehead atoms. The molecule has 29 heavy (non-hydrogen) atoms. The van der Waals surface area contributed by atoms with E-state index in [-0.39, 0.29) is 18.2 Å². The van der Waals surface area contributed by atoms with Crippen LogP contribution in [0.25, 0.3) is 0 Å². The Labute approximate surface area is 177 Å². The second kappa shape index (κ2) is 9.42. The molecule has 2 N–H and O–H groups in total. The molecule has 0 fully saturated rings. The van der Waals surface area contributed by atoms with Crippen LogP contribution in [0.1, 0.15) is 49.9 Å². The van der Waals surface area contributed by atoms with Crippen molar-refractivity contribution in [3.8, 4) is 0 Å². The summed E-state index contributed by atoms with van der Waals surface area (Å²) in [5.41, 5.74) is 4.15. The van der Waals surface area contributed by atoms with E-state index in [2.05, 4.69) is 35.4 Å². The van der Waals surface area contributed by atoms with E-state index in [9.17, 15) is 9.59 Å². The normalized spacial score (nSPS) is 14.5. The summed E-state index contributed by atoms with van der Waals surface area (Å²) in [4.78, 5) is 26.8. The van der Waals surface area contributed by atoms with Gasteiger partial charge in [-0.25, -0.2) is 0 Å². The van der Waals surface area contributed by atoms with Gasteiger partial charge in [-0.1, -0.05) is 49.7 Å². The van der Waals surface area contributed by atoms with Crippen molar-refractivity contribution in [3.63, 3.8) is 0 Å². The lowest BCUT2D eigenvalue weighted by atomic mass is 10.0. The number of fused-ring (bicyclic) bond motifs is 1. The highest BCUT2D eigenvalue weighted by molar-refractivity contribution is 6.30. The van der Waals surface area contributed by atoms with Gasteiger partial charge >= 0.3 is 0 Å². The fourth-order valence-electron chi connectivity index (χ4n) is 3.83. The second-order valence-corrected chi connectivity index (χ2v) is 8.50. The van der Waals surface area contributed by atoms with Gasteiger partial charge in [0.15, 0.2) is 0 Å². The van der Waals surface area contributed by atoms with Crippen LogP contribution in [-0.4, -0.2) is 23.3 Å². The maximum absolute atomic E-state index is 12.8. The van der Waals surface area contributed by atoms with E-state index in [1.807, 2.05) is 24.3 Å². The van der Waals surface area contributed by atoms with Crippen molar-refractivity contribution in [3.05, 3.63) is 64.2 Å². The molecule has 2 aromatic rings. The van der Waals surface area contributed by atoms with Crippen molar-refractivity contribution in [1.82, 2.24) is 10.2 Å². The zero-order valence-electron chi connectivity index (χ0n) is 17.2. The fourth-order valence-corrected chi connectivity index (χ4v) is 3.96. The molecular weight excluding hydrogens is 386 g/mol. The van der Waals surface area contributed by atoms with E-state index in [1.54, 1.807) is 12.1 Å². The number of hydrogen-bond acceptors (Lipinski definition) is 3. The van der Waals surface area contributed by atoms with Gasteiger partial charge in [-0.2, -0.15) is 0 Å². The number of nitrogens with zero attached hydrogens (tertiary/aromatic N) is 1. The minimum Gasteiger partial charge on any atom is -0.349 e. The van der Waals surface area contributed by atoms with Gasteiger partial charge < -0.3 is 10.6 Å². The van der Waals surface area contributed by atoms with Crippen LogP contribution in [0.3, 0.4) is 0 Å². The first-order valence-corrected chi connectivity index (χ1v) is 10.3. The molecule has 2 aromatic carbocycles. The molecular formula is C23H28ClN3O2. The second-order valence-electron chi connectivity index (χ2n) is 8.06. The Balaban J connectivity index is 1.71. The summed E-state index contributed by atoms with van der Waals surface area (Å²) >= 11 is 5.96. The molecule has 0 saturated carbocycles. The van der Waals surface area contributed by atoms with Crippen LogP contribution in [0.15, 0.2) is 42.5 Å². The molecule has 1 heterocycles. The predicted octanol–water partition coefficient (Wildman–Crippen LogP) is 4.52. The molecule has 6 heteroatoms. The highest BCUT2D eigenvalue weighted by atomic mass is 35.5. The first kappa shape index (κ1) is 21.3. The molecule has 0 unspecified atom stereocenters. The van der Waals surface area contributed by atoms with Crippen LogP contribution in [0, 0.1) is 5.92 Å². The monoisotopic (exact) mass is 413 g/mol. The highest BCUT2D eigenvalue weighted by Gasteiger charge is 2.24. The average Bonchev–Trinajstić information content (AvgIpc) is 3.04. The summed E-state index contributed by atoms with van der Waals surface area (Å²) < 4.78 is 0. The lowest BCUT2D eigenvalue weighted by Gasteiger charge is -2.19. The number of amides is 2. The van der Waals surface area contributed by atoms with Crippen LogP contribution in [-0.2, 0) is 22.7 Å². The van der Waals surface area contributed by atoms with Gasteiger partial charge in [0, 0.05) is 37.3 Å². The van der Waals surface area contributed by atoms with E-state index < -0.39 is 6.04 Å². The number of nitrogens with one attached hydrogen (secondary N) is 2. The minimum atomic E-state index is -0.404. The van der Waals surface area contributed by atoms with Crippen LogP contribution in [0.2, 0.25) is 5.02 Å². The molecule has 1 atom stereocenters. The minimum absolute atomic E-state index is 0.130. The number of carbonyl (C=O) groups is 2. The number of rotatable bonds is 7. The van der Waals surface area contributed by atoms with Crippen LogP contribution in [0.5, 0.6) is 0 Å². The molecule has 1 aliphatic rings. The topological polar surface area (TPSA) is 61.4 Å². The summed E-state index contributed by atoms with van der Waals surface area (Å²) in [5.74, 6) is 0.289. The van der Waals surface area contributed by atoms with E-state index in [1.165, 1.54) is 18.1 Å². The van der Waals surface area contributed by atoms with E-state index in [4.69, 9.17) is 11.6 Å². The molecule has 0 radical (unpaired) electrons. The van der Waals surface area contributed by atoms with E-state index in [0.717, 1.165) is 30.9 Å². The van der Waals surface area contributed by atoms with Gasteiger partial charge in [0.25, 0.3) is 0 Å². The van der Waals surface area contributed by atoms with E-state index >= 15 is 0 Å². The third-order valence-corrected chi connectivity index (χ3v) is 5.24. The standard InChI is InChI=1S/C23H28ClN3O2/c1-15(2)12-27-13-18-5-4-6-21(20(18)14-27)26-23(29)11-22(25-16(3)28)17-7-9-19(24)10-8-17/h4-10,15,22H,11-14H2,1-3H3,(H,25,28)(H,26,29)/t22-/m0/s1. The predicted molar refractivity (Wildman–Crippen MR) is 117 cm³/mol. The zero-order chi connectivity index (χ0) is 21.0. The van der Waals surface area contributed by atoms with Crippen molar-refractivity contribution < 1.29 is 9.59 Å². The molecule has 3 rings (SSSR count). The number of hydrogen-bond donors (Lipinski definition) is 2. The quantitative estimate of drug-likeness (QED) is 0.701. The number of halogens is 1. The van der Waals surface area contributed by atoms with Crippen LogP contribution < -0.4 is 10.6 Å². The van der Waals surface area contributed by atoms with Gasteiger partial charge in [-0.3, -0.25) is 14.5 Å². The van der Waals surface area contributed by atoms with Crippen molar-refractivity contribution in [2.75, 3.05) is 11.9 Å². The average molecular weight is 414 g/mol. The molecule has 0 aliphatic carbocycles. The molecule has 154 valence electrons. The Morgan fingerprint density at radius 1 is 1.10 bits per heavy atom. The summed E-state index contributed by atoms with van der Waals surface area (Å²) in [6, 6.07) is 12.8. The lowest BCUT2D eigenvalue weighted by molar-refractivity contribution is -0.120. The highest BCUT2D eigenvalue weighted by Crippen LogP contribution is 2.30. The Morgan fingerprint density at radius 3 is 2.48 bits per heavy atom. The van der Waals surface area contributed by atoms with Gasteiger partial charge in [-0.15, -0.1) is 0 Å². The number of carbonyl (C=O) groups excluding carboxylic acids is 2. The first-order valence-electron chi connectivity index (χ1n) is 9.97. The number of anilines is 1. The SMILES string of the molecule is CC(=O)N[C@@H](CC(=O)Nc1cccc2c1CN(CC(C)C)C2)c1ccc(Cl)cc1. The summed E-state index contributed by atoms with van der Waals surface area (Å²) in [6.07, 6.45) is 0.153. The third-order valence-electron chi connectivity index (χ3n) is 4.99. The Bertz CT molecular complexity index is 880. The summed E-state index contributed by atoms with van der Waals surface area (Å²) in [6.45, 7) is 8.67. The third kappa shape index (κ3) is 5.81. The van der Waals surface area contributed by atoms with E-state index in [0.29, 0.717) is 10.9 Å². The molecule has 2 amide bonds. The zero-order valence-corrected chi connectivity index (χ0v) is 17.9. The summed E-state index contributed by atoms with van der Waals surface area (Å²) in [5, 5.41) is 6.54. The van der Waals surface area contributed by atoms with Crippen LogP contribution >= 0.6 is 11.6 Å². The molecule has 1 aliphatic heterocycles. The molecule has 5 nitrogen and oxygen atoms in total. The van der Waals surface area contributed by atoms with Gasteiger partial charge in [-0.05, 0) is 40.8 Å². The summed E-state index contributed by atoms with van der Waals surface area (Å²) in [7, 11) is 0. The van der Waals surface area contributed by atoms with Gasteiger partial charge in [0.05, 0.1) is 12.5 Å². The van der Waals surface area contributed by atoms with Crippen molar-refractivity contribution >= 4 is 29.1 Å². The molecule has 0 saturated heterocycles. The van der Waals surface area contributed by atoms with Gasteiger partial charge in [0.1, 0.15) is 0 Å². The van der Waals surface area contributed by atoms with Crippen LogP contribution in [0.4, 0.5) is 5.69 Å². The maximum atomic E-state index is 12.8. The van der Waals surface area contributed by atoms with Crippen molar-refractivity contribution in [2.45, 2.75) is 46.3 Å². The molecule has 0 aromatic heterocycles. The smallest absolute Gasteiger partial charge is 0.226 e. The Hall–Kier alpha value is -2.37. The lowest BCUT2D eigenvalue weighted by Crippen LogP contribution is -2.30. The Kier molecular flexibility index (Phi) is 6.93. The first-order chi connectivity index (χ1) is 13.8. The Morgan fingerprint density at radius 2 is 1.83 bits per heavy atom. The number of benzene rings is 2. The van der Waals surface area contributed by atoms with Gasteiger partial charge in [0.2, 0.25) is 11.8 Å². The van der Waals surface area contributed by atoms with Crippen molar-refractivity contribution in [1.29, 1.82) is 0 Å².